The molecule has 0 unspecified atom stereocenters. The topological polar surface area (TPSA) is 86.7 Å². The van der Waals surface area contributed by atoms with E-state index < -0.39 is 29.6 Å². The molecule has 2 aliphatic rings. The Balaban J connectivity index is 2.21. The second kappa shape index (κ2) is 5.22. The summed E-state index contributed by atoms with van der Waals surface area (Å²) in [6.07, 6.45) is 0.648. The van der Waals surface area contributed by atoms with Crippen molar-refractivity contribution in [2.75, 3.05) is 7.11 Å². The first-order valence-electron chi connectivity index (χ1n) is 6.74. The molecule has 1 aromatic carbocycles. The van der Waals surface area contributed by atoms with Crippen LogP contribution in [0, 0.1) is 5.92 Å². The highest BCUT2D eigenvalue weighted by Crippen LogP contribution is 2.34. The summed E-state index contributed by atoms with van der Waals surface area (Å²) in [5.41, 5.74) is 0.983. The molecule has 0 N–H and O–H groups in total. The Kier molecular flexibility index (Phi) is 3.36. The maximum Gasteiger partial charge on any atom is 0.343 e. The summed E-state index contributed by atoms with van der Waals surface area (Å²) < 4.78 is 9.23. The minimum Gasteiger partial charge on any atom is -0.468 e. The zero-order valence-corrected chi connectivity index (χ0v) is 11.8. The fourth-order valence-electron chi connectivity index (χ4n) is 2.83. The summed E-state index contributed by atoms with van der Waals surface area (Å²) in [6.45, 7) is 0. The van der Waals surface area contributed by atoms with Crippen LogP contribution in [0.3, 0.4) is 0 Å². The molecule has 3 rings (SSSR count). The fraction of sp³-hybridized carbons (Fsp3) is 0.250. The third-order valence-corrected chi connectivity index (χ3v) is 3.89. The van der Waals surface area contributed by atoms with Gasteiger partial charge in [0.2, 0.25) is 0 Å². The van der Waals surface area contributed by atoms with Gasteiger partial charge in [0.1, 0.15) is 0 Å². The van der Waals surface area contributed by atoms with E-state index in [-0.39, 0.29) is 17.6 Å². The second-order valence-corrected chi connectivity index (χ2v) is 5.05. The number of ether oxygens (including phenoxy) is 2. The van der Waals surface area contributed by atoms with Crippen molar-refractivity contribution in [1.82, 2.24) is 0 Å². The van der Waals surface area contributed by atoms with E-state index in [2.05, 4.69) is 9.47 Å². The van der Waals surface area contributed by atoms with Gasteiger partial charge in [-0.2, -0.15) is 0 Å². The molecule has 1 heterocycles. The number of methoxy groups -OCH3 is 1. The first kappa shape index (κ1) is 14.2. The Morgan fingerprint density at radius 3 is 2.59 bits per heavy atom. The molecule has 22 heavy (non-hydrogen) atoms. The van der Waals surface area contributed by atoms with Crippen LogP contribution in [0.1, 0.15) is 22.3 Å². The lowest BCUT2D eigenvalue weighted by Crippen LogP contribution is -2.31. The van der Waals surface area contributed by atoms with E-state index >= 15 is 0 Å². The van der Waals surface area contributed by atoms with Crippen molar-refractivity contribution in [1.29, 1.82) is 0 Å². The molecule has 0 fully saturated rings. The largest absolute Gasteiger partial charge is 0.468 e. The predicted molar refractivity (Wildman–Crippen MR) is 72.7 cm³/mol. The molecule has 112 valence electrons. The molecule has 6 nitrogen and oxygen atoms in total. The summed E-state index contributed by atoms with van der Waals surface area (Å²) in [6, 6.07) is 6.81. The molecule has 1 aliphatic carbocycles. The van der Waals surface area contributed by atoms with Gasteiger partial charge in [0.05, 0.1) is 12.7 Å². The van der Waals surface area contributed by atoms with Crippen molar-refractivity contribution in [2.45, 2.75) is 12.8 Å². The van der Waals surface area contributed by atoms with Gasteiger partial charge in [-0.3, -0.25) is 9.59 Å². The third-order valence-electron chi connectivity index (χ3n) is 3.89. The Hall–Kier alpha value is -2.76. The van der Waals surface area contributed by atoms with E-state index in [4.69, 9.17) is 0 Å². The number of carbonyl (C=O) groups excluding carboxylic acids is 4. The lowest BCUT2D eigenvalue weighted by atomic mass is 9.82. The number of rotatable bonds is 1. The van der Waals surface area contributed by atoms with Gasteiger partial charge in [-0.25, -0.2) is 9.59 Å². The van der Waals surface area contributed by atoms with Crippen LogP contribution >= 0.6 is 0 Å². The van der Waals surface area contributed by atoms with Crippen LogP contribution in [0.25, 0.3) is 0 Å². The number of hydrogen-bond donors (Lipinski definition) is 0. The summed E-state index contributed by atoms with van der Waals surface area (Å²) in [5.74, 6) is -4.62. The first-order chi connectivity index (χ1) is 10.5. The SMILES string of the molecule is COC(=O)[C@@H]1C(=O)c2ccccc2CCC2=C1C(=O)OC2=O. The number of Topliss-reactive ketones (excluding diaryl/α,β-unsaturated/α-hetero) is 1. The first-order valence-corrected chi connectivity index (χ1v) is 6.74. The highest BCUT2D eigenvalue weighted by Gasteiger charge is 2.46. The molecule has 0 spiro atoms. The highest BCUT2D eigenvalue weighted by molar-refractivity contribution is 6.22. The number of carbonyl (C=O) groups is 4. The Morgan fingerprint density at radius 2 is 1.86 bits per heavy atom. The van der Waals surface area contributed by atoms with E-state index in [1.54, 1.807) is 24.3 Å². The number of aryl methyl sites for hydroxylation is 1. The number of cyclic esters (lactones) is 2. The van der Waals surface area contributed by atoms with Crippen LogP contribution in [0.15, 0.2) is 35.4 Å². The van der Waals surface area contributed by atoms with Gasteiger partial charge in [-0.1, -0.05) is 24.3 Å². The number of hydrogen-bond acceptors (Lipinski definition) is 6. The van der Waals surface area contributed by atoms with Crippen molar-refractivity contribution in [3.63, 3.8) is 0 Å². The molecular weight excluding hydrogens is 288 g/mol. The van der Waals surface area contributed by atoms with Gasteiger partial charge in [-0.05, 0) is 18.4 Å². The Morgan fingerprint density at radius 1 is 1.14 bits per heavy atom. The summed E-state index contributed by atoms with van der Waals surface area (Å²) in [5, 5.41) is 0. The molecule has 1 atom stereocenters. The zero-order chi connectivity index (χ0) is 15.9. The van der Waals surface area contributed by atoms with Crippen LogP contribution in [0.4, 0.5) is 0 Å². The lowest BCUT2D eigenvalue weighted by molar-refractivity contribution is -0.153. The normalized spacial score (nSPS) is 20.8. The highest BCUT2D eigenvalue weighted by atomic mass is 16.6. The maximum atomic E-state index is 12.7. The standard InChI is InChI=1S/C16H12O6/c1-21-15(19)12-11-10(14(18)22-16(11)20)7-6-8-4-2-3-5-9(8)13(12)17/h2-5,12H,6-7H2,1H3/t12-/m0/s1. The maximum absolute atomic E-state index is 12.7. The van der Waals surface area contributed by atoms with Crippen LogP contribution in [0.2, 0.25) is 0 Å². The molecule has 0 saturated carbocycles. The third kappa shape index (κ3) is 2.04. The summed E-state index contributed by atoms with van der Waals surface area (Å²) in [4.78, 5) is 48.5. The summed E-state index contributed by atoms with van der Waals surface area (Å²) in [7, 11) is 1.13. The van der Waals surface area contributed by atoms with Crippen molar-refractivity contribution < 1.29 is 28.7 Å². The van der Waals surface area contributed by atoms with Gasteiger partial charge in [0, 0.05) is 11.1 Å². The van der Waals surface area contributed by atoms with E-state index in [1.807, 2.05) is 0 Å². The van der Waals surface area contributed by atoms with Crippen LogP contribution in [-0.4, -0.2) is 30.8 Å². The van der Waals surface area contributed by atoms with E-state index in [1.165, 1.54) is 0 Å². The van der Waals surface area contributed by atoms with Crippen molar-refractivity contribution in [3.8, 4) is 0 Å². The minimum absolute atomic E-state index is 0.0863. The average Bonchev–Trinajstić information content (AvgIpc) is 2.78. The van der Waals surface area contributed by atoms with Gasteiger partial charge >= 0.3 is 17.9 Å². The minimum atomic E-state index is -1.46. The van der Waals surface area contributed by atoms with Gasteiger partial charge < -0.3 is 9.47 Å². The molecule has 6 heteroatoms. The smallest absolute Gasteiger partial charge is 0.343 e. The monoisotopic (exact) mass is 300 g/mol. The molecule has 0 saturated heterocycles. The predicted octanol–water partition coefficient (Wildman–Crippen LogP) is 0.985. The number of esters is 3. The molecule has 0 radical (unpaired) electrons. The van der Waals surface area contributed by atoms with Gasteiger partial charge in [0.25, 0.3) is 0 Å². The molecule has 0 amide bonds. The quantitative estimate of drug-likeness (QED) is 0.567. The van der Waals surface area contributed by atoms with E-state index in [0.717, 1.165) is 12.7 Å². The van der Waals surface area contributed by atoms with Gasteiger partial charge in [0.15, 0.2) is 11.7 Å². The zero-order valence-electron chi connectivity index (χ0n) is 11.8. The Bertz CT molecular complexity index is 743. The molecule has 1 aromatic rings. The van der Waals surface area contributed by atoms with Crippen LogP contribution < -0.4 is 0 Å². The second-order valence-electron chi connectivity index (χ2n) is 5.05. The van der Waals surface area contributed by atoms with Crippen LogP contribution in [-0.2, 0) is 30.3 Å². The summed E-state index contributed by atoms with van der Waals surface area (Å²) >= 11 is 0. The molecular formula is C16H12O6. The van der Waals surface area contributed by atoms with Crippen molar-refractivity contribution in [2.24, 2.45) is 5.92 Å². The molecule has 0 bridgehead atoms. The van der Waals surface area contributed by atoms with Crippen molar-refractivity contribution >= 4 is 23.7 Å². The number of ketones is 1. The molecule has 1 aliphatic heterocycles. The Labute approximate surface area is 125 Å². The fourth-order valence-corrected chi connectivity index (χ4v) is 2.83. The van der Waals surface area contributed by atoms with E-state index in [9.17, 15) is 19.2 Å². The van der Waals surface area contributed by atoms with Gasteiger partial charge in [-0.15, -0.1) is 0 Å². The van der Waals surface area contributed by atoms with Crippen molar-refractivity contribution in [3.05, 3.63) is 46.5 Å². The number of benzene rings is 1. The van der Waals surface area contributed by atoms with E-state index in [0.29, 0.717) is 12.0 Å². The number of fused-ring (bicyclic) bond motifs is 1. The lowest BCUT2D eigenvalue weighted by Gasteiger charge is -2.18. The molecule has 0 aromatic heterocycles. The average molecular weight is 300 g/mol. The van der Waals surface area contributed by atoms with Crippen LogP contribution in [0.5, 0.6) is 0 Å².